The summed E-state index contributed by atoms with van der Waals surface area (Å²) in [6.07, 6.45) is 11.6. The summed E-state index contributed by atoms with van der Waals surface area (Å²) in [7, 11) is 2.27. The minimum absolute atomic E-state index is 0.134. The standard InChI is InChI=1S/C21H31N5/c1-16-12-14-17(15-13-16)20(25(2)18-8-4-3-5-9-18)21-22-23-24-26(21)19-10-6-7-11-19/h12-15,18-20H,3-11H2,1-2H3. The van der Waals surface area contributed by atoms with E-state index in [9.17, 15) is 0 Å². The maximum absolute atomic E-state index is 4.54. The lowest BCUT2D eigenvalue weighted by Crippen LogP contribution is -2.38. The van der Waals surface area contributed by atoms with Crippen molar-refractivity contribution in [3.8, 4) is 0 Å². The van der Waals surface area contributed by atoms with Crippen LogP contribution in [-0.2, 0) is 0 Å². The van der Waals surface area contributed by atoms with Gasteiger partial charge in [-0.05, 0) is 55.6 Å². The Kier molecular flexibility index (Phi) is 5.34. The molecule has 0 bridgehead atoms. The molecule has 5 nitrogen and oxygen atoms in total. The Hall–Kier alpha value is -1.75. The Morgan fingerprint density at radius 1 is 0.962 bits per heavy atom. The molecule has 2 aliphatic rings. The predicted octanol–water partition coefficient (Wildman–Crippen LogP) is 4.45. The highest BCUT2D eigenvalue weighted by atomic mass is 15.6. The van der Waals surface area contributed by atoms with Crippen LogP contribution in [-0.4, -0.2) is 38.2 Å². The van der Waals surface area contributed by atoms with E-state index in [1.807, 2.05) is 0 Å². The van der Waals surface area contributed by atoms with E-state index in [-0.39, 0.29) is 6.04 Å². The number of benzene rings is 1. The van der Waals surface area contributed by atoms with E-state index in [1.165, 1.54) is 68.9 Å². The van der Waals surface area contributed by atoms with Crippen molar-refractivity contribution in [2.75, 3.05) is 7.05 Å². The SMILES string of the molecule is Cc1ccc(C(c2nnnn2C2CCCC2)N(C)C2CCCCC2)cc1. The molecule has 1 atom stereocenters. The fraction of sp³-hybridized carbons (Fsp3) is 0.667. The molecule has 0 N–H and O–H groups in total. The number of aryl methyl sites for hydroxylation is 1. The second-order valence-corrected chi connectivity index (χ2v) is 8.19. The van der Waals surface area contributed by atoms with Crippen LogP contribution >= 0.6 is 0 Å². The molecule has 0 radical (unpaired) electrons. The molecule has 26 heavy (non-hydrogen) atoms. The maximum Gasteiger partial charge on any atom is 0.173 e. The van der Waals surface area contributed by atoms with Crippen LogP contribution in [0.4, 0.5) is 0 Å². The van der Waals surface area contributed by atoms with Gasteiger partial charge in [0.05, 0.1) is 12.1 Å². The summed E-state index contributed by atoms with van der Waals surface area (Å²) in [5, 5.41) is 13.0. The van der Waals surface area contributed by atoms with Crippen LogP contribution in [0.2, 0.25) is 0 Å². The molecule has 4 rings (SSSR count). The average Bonchev–Trinajstić information content (AvgIpc) is 3.35. The molecule has 0 spiro atoms. The third-order valence-corrected chi connectivity index (χ3v) is 6.38. The zero-order valence-corrected chi connectivity index (χ0v) is 16.1. The van der Waals surface area contributed by atoms with Gasteiger partial charge < -0.3 is 0 Å². The van der Waals surface area contributed by atoms with E-state index in [4.69, 9.17) is 0 Å². The molecule has 2 aliphatic carbocycles. The van der Waals surface area contributed by atoms with Crippen LogP contribution in [0.1, 0.15) is 86.8 Å². The van der Waals surface area contributed by atoms with Crippen LogP contribution < -0.4 is 0 Å². The van der Waals surface area contributed by atoms with E-state index < -0.39 is 0 Å². The minimum atomic E-state index is 0.134. The largest absolute Gasteiger partial charge is 0.290 e. The molecule has 140 valence electrons. The summed E-state index contributed by atoms with van der Waals surface area (Å²) in [5.41, 5.74) is 2.60. The Balaban J connectivity index is 1.70. The second-order valence-electron chi connectivity index (χ2n) is 8.19. The van der Waals surface area contributed by atoms with Crippen molar-refractivity contribution in [1.82, 2.24) is 25.1 Å². The number of hydrogen-bond acceptors (Lipinski definition) is 4. The third kappa shape index (κ3) is 3.54. The molecule has 0 aliphatic heterocycles. The summed E-state index contributed by atoms with van der Waals surface area (Å²) >= 11 is 0. The lowest BCUT2D eigenvalue weighted by atomic mass is 9.92. The van der Waals surface area contributed by atoms with Gasteiger partial charge in [-0.3, -0.25) is 4.90 Å². The van der Waals surface area contributed by atoms with E-state index in [1.54, 1.807) is 0 Å². The first-order chi connectivity index (χ1) is 12.7. The van der Waals surface area contributed by atoms with Crippen molar-refractivity contribution in [1.29, 1.82) is 0 Å². The topological polar surface area (TPSA) is 46.8 Å². The van der Waals surface area contributed by atoms with Crippen LogP contribution in [0.25, 0.3) is 0 Å². The smallest absolute Gasteiger partial charge is 0.173 e. The van der Waals surface area contributed by atoms with Gasteiger partial charge in [-0.15, -0.1) is 5.10 Å². The summed E-state index contributed by atoms with van der Waals surface area (Å²) in [6.45, 7) is 2.15. The molecular weight excluding hydrogens is 322 g/mol. The van der Waals surface area contributed by atoms with Crippen molar-refractivity contribution >= 4 is 0 Å². The fourth-order valence-electron chi connectivity index (χ4n) is 4.80. The van der Waals surface area contributed by atoms with Crippen molar-refractivity contribution in [2.24, 2.45) is 0 Å². The molecule has 2 fully saturated rings. The summed E-state index contributed by atoms with van der Waals surface area (Å²) in [6, 6.07) is 10.1. The molecule has 1 aromatic heterocycles. The van der Waals surface area contributed by atoms with Gasteiger partial charge in [-0.2, -0.15) is 0 Å². The molecule has 1 aromatic carbocycles. The molecule has 1 heterocycles. The summed E-state index contributed by atoms with van der Waals surface area (Å²) in [4.78, 5) is 2.54. The first kappa shape index (κ1) is 17.7. The Bertz CT molecular complexity index is 695. The quantitative estimate of drug-likeness (QED) is 0.797. The molecule has 0 saturated heterocycles. The van der Waals surface area contributed by atoms with Crippen LogP contribution in [0.3, 0.4) is 0 Å². The first-order valence-corrected chi connectivity index (χ1v) is 10.3. The molecule has 0 amide bonds. The van der Waals surface area contributed by atoms with Crippen molar-refractivity contribution < 1.29 is 0 Å². The monoisotopic (exact) mass is 353 g/mol. The van der Waals surface area contributed by atoms with Gasteiger partial charge in [0.15, 0.2) is 5.82 Å². The molecule has 1 unspecified atom stereocenters. The molecular formula is C21H31N5. The second kappa shape index (κ2) is 7.87. The lowest BCUT2D eigenvalue weighted by Gasteiger charge is -2.37. The van der Waals surface area contributed by atoms with Gasteiger partial charge in [0.25, 0.3) is 0 Å². The number of rotatable bonds is 5. The van der Waals surface area contributed by atoms with E-state index >= 15 is 0 Å². The van der Waals surface area contributed by atoms with Crippen molar-refractivity contribution in [3.05, 3.63) is 41.2 Å². The molecule has 2 saturated carbocycles. The third-order valence-electron chi connectivity index (χ3n) is 6.38. The maximum atomic E-state index is 4.54. The number of nitrogens with zero attached hydrogens (tertiary/aromatic N) is 5. The van der Waals surface area contributed by atoms with Crippen LogP contribution in [0.5, 0.6) is 0 Å². The predicted molar refractivity (Wildman–Crippen MR) is 103 cm³/mol. The average molecular weight is 354 g/mol. The lowest BCUT2D eigenvalue weighted by molar-refractivity contribution is 0.147. The van der Waals surface area contributed by atoms with Gasteiger partial charge in [-0.25, -0.2) is 4.68 Å². The van der Waals surface area contributed by atoms with Gasteiger partial charge in [-0.1, -0.05) is 61.9 Å². The van der Waals surface area contributed by atoms with Gasteiger partial charge in [0.2, 0.25) is 0 Å². The van der Waals surface area contributed by atoms with Crippen molar-refractivity contribution in [2.45, 2.75) is 82.8 Å². The van der Waals surface area contributed by atoms with Gasteiger partial charge in [0, 0.05) is 6.04 Å². The zero-order chi connectivity index (χ0) is 17.9. The van der Waals surface area contributed by atoms with Gasteiger partial charge >= 0.3 is 0 Å². The van der Waals surface area contributed by atoms with Crippen LogP contribution in [0.15, 0.2) is 24.3 Å². The normalized spacial score (nSPS) is 20.7. The highest BCUT2D eigenvalue weighted by Gasteiger charge is 2.33. The Morgan fingerprint density at radius 3 is 2.31 bits per heavy atom. The highest BCUT2D eigenvalue weighted by Crippen LogP contribution is 2.36. The summed E-state index contributed by atoms with van der Waals surface area (Å²) < 4.78 is 2.14. The molecule has 2 aromatic rings. The number of aromatic nitrogens is 4. The van der Waals surface area contributed by atoms with E-state index in [2.05, 4.69) is 63.3 Å². The molecule has 5 heteroatoms. The van der Waals surface area contributed by atoms with Crippen LogP contribution in [0, 0.1) is 6.92 Å². The van der Waals surface area contributed by atoms with E-state index in [0.29, 0.717) is 12.1 Å². The Morgan fingerprint density at radius 2 is 1.62 bits per heavy atom. The Labute approximate surface area is 156 Å². The van der Waals surface area contributed by atoms with E-state index in [0.717, 1.165) is 5.82 Å². The number of tetrazole rings is 1. The van der Waals surface area contributed by atoms with Gasteiger partial charge in [0.1, 0.15) is 0 Å². The highest BCUT2D eigenvalue weighted by molar-refractivity contribution is 5.28. The first-order valence-electron chi connectivity index (χ1n) is 10.3. The van der Waals surface area contributed by atoms with Crippen molar-refractivity contribution in [3.63, 3.8) is 0 Å². The summed E-state index contributed by atoms with van der Waals surface area (Å²) in [5.74, 6) is 1.02. The fourth-order valence-corrected chi connectivity index (χ4v) is 4.80. The number of hydrogen-bond donors (Lipinski definition) is 0. The zero-order valence-electron chi connectivity index (χ0n) is 16.1. The minimum Gasteiger partial charge on any atom is -0.290 e.